The van der Waals surface area contributed by atoms with Crippen LogP contribution in [0.25, 0.3) is 0 Å². The number of hydrogen-bond acceptors (Lipinski definition) is 6. The number of nitrogens with one attached hydrogen (secondary N) is 2. The number of guanidine groups is 1. The Bertz CT molecular complexity index is 827. The van der Waals surface area contributed by atoms with Crippen molar-refractivity contribution in [3.8, 4) is 5.75 Å². The van der Waals surface area contributed by atoms with E-state index in [1.54, 1.807) is 19.4 Å². The van der Waals surface area contributed by atoms with Crippen LogP contribution in [0.3, 0.4) is 0 Å². The van der Waals surface area contributed by atoms with Gasteiger partial charge < -0.3 is 20.3 Å². The maximum Gasteiger partial charge on any atom is 0.225 e. The molecule has 1 fully saturated rings. The average Bonchev–Trinajstić information content (AvgIpc) is 2.77. The summed E-state index contributed by atoms with van der Waals surface area (Å²) in [4.78, 5) is 17.7. The quantitative estimate of drug-likeness (QED) is 0.520. The molecule has 0 bridgehead atoms. The van der Waals surface area contributed by atoms with Crippen LogP contribution < -0.4 is 20.3 Å². The topological polar surface area (TPSA) is 77.9 Å². The lowest BCUT2D eigenvalue weighted by molar-refractivity contribution is 0.129. The first-order chi connectivity index (χ1) is 14.9. The Morgan fingerprint density at radius 2 is 1.74 bits per heavy atom. The summed E-state index contributed by atoms with van der Waals surface area (Å²) < 4.78 is 6.08. The molecule has 0 radical (unpaired) electrons. The number of benzene rings is 1. The maximum atomic E-state index is 6.08. The Kier molecular flexibility index (Phi) is 8.06. The van der Waals surface area contributed by atoms with Crippen molar-refractivity contribution < 1.29 is 4.74 Å². The molecule has 2 aromatic rings. The standard InChI is InChI=1S/C23H35N7O/c1-23(2,3)31-20-9-6-5-8-19(20)18-28-21(24-4)25-12-13-29-14-16-30(17-15-29)22-26-10-7-11-27-22/h5-11H,12-18H2,1-4H3,(H2,24,25,28). The van der Waals surface area contributed by atoms with Gasteiger partial charge >= 0.3 is 0 Å². The second kappa shape index (κ2) is 10.9. The molecule has 1 aromatic carbocycles. The molecule has 0 aliphatic carbocycles. The van der Waals surface area contributed by atoms with E-state index >= 15 is 0 Å². The summed E-state index contributed by atoms with van der Waals surface area (Å²) in [5, 5.41) is 6.81. The maximum absolute atomic E-state index is 6.08. The highest BCUT2D eigenvalue weighted by Crippen LogP contribution is 2.22. The van der Waals surface area contributed by atoms with Crippen molar-refractivity contribution in [3.05, 3.63) is 48.3 Å². The number of ether oxygens (including phenoxy) is 1. The van der Waals surface area contributed by atoms with Gasteiger partial charge in [0.15, 0.2) is 5.96 Å². The van der Waals surface area contributed by atoms with Gasteiger partial charge in [0.05, 0.1) is 0 Å². The minimum atomic E-state index is -0.229. The second-order valence-corrected chi connectivity index (χ2v) is 8.55. The summed E-state index contributed by atoms with van der Waals surface area (Å²) in [6.07, 6.45) is 3.59. The van der Waals surface area contributed by atoms with Crippen LogP contribution in [0.4, 0.5) is 5.95 Å². The minimum Gasteiger partial charge on any atom is -0.488 e. The van der Waals surface area contributed by atoms with E-state index in [1.165, 1.54) is 0 Å². The van der Waals surface area contributed by atoms with E-state index < -0.39 is 0 Å². The van der Waals surface area contributed by atoms with Crippen molar-refractivity contribution in [2.45, 2.75) is 32.9 Å². The van der Waals surface area contributed by atoms with Crippen LogP contribution >= 0.6 is 0 Å². The fourth-order valence-corrected chi connectivity index (χ4v) is 3.44. The molecular weight excluding hydrogens is 390 g/mol. The van der Waals surface area contributed by atoms with Gasteiger partial charge in [-0.3, -0.25) is 9.89 Å². The molecule has 1 aliphatic rings. The van der Waals surface area contributed by atoms with Crippen molar-refractivity contribution in [3.63, 3.8) is 0 Å². The summed E-state index contributed by atoms with van der Waals surface area (Å²) in [5.74, 6) is 2.51. The predicted molar refractivity (Wildman–Crippen MR) is 126 cm³/mol. The molecule has 8 heteroatoms. The normalized spacial score (nSPS) is 15.6. The third-order valence-corrected chi connectivity index (χ3v) is 4.99. The molecule has 1 aromatic heterocycles. The molecule has 168 valence electrons. The molecule has 0 unspecified atom stereocenters. The highest BCUT2D eigenvalue weighted by molar-refractivity contribution is 5.79. The molecule has 0 atom stereocenters. The van der Waals surface area contributed by atoms with Gasteiger partial charge in [0.25, 0.3) is 0 Å². The average molecular weight is 426 g/mol. The number of para-hydroxylation sites is 1. The van der Waals surface area contributed by atoms with E-state index in [0.717, 1.165) is 62.5 Å². The lowest BCUT2D eigenvalue weighted by Gasteiger charge is -2.34. The number of nitrogens with zero attached hydrogens (tertiary/aromatic N) is 5. The third-order valence-electron chi connectivity index (χ3n) is 4.99. The first-order valence-electron chi connectivity index (χ1n) is 10.9. The summed E-state index contributed by atoms with van der Waals surface area (Å²) in [6, 6.07) is 9.97. The van der Waals surface area contributed by atoms with Crippen LogP contribution in [0.2, 0.25) is 0 Å². The van der Waals surface area contributed by atoms with Gasteiger partial charge in [-0.1, -0.05) is 18.2 Å². The molecule has 2 N–H and O–H groups in total. The van der Waals surface area contributed by atoms with Crippen LogP contribution in [0, 0.1) is 0 Å². The molecule has 0 spiro atoms. The minimum absolute atomic E-state index is 0.229. The van der Waals surface area contributed by atoms with Gasteiger partial charge in [0.1, 0.15) is 11.4 Å². The number of aromatic nitrogens is 2. The van der Waals surface area contributed by atoms with E-state index in [9.17, 15) is 0 Å². The SMILES string of the molecule is CN=C(NCCN1CCN(c2ncccn2)CC1)NCc1ccccc1OC(C)(C)C. The lowest BCUT2D eigenvalue weighted by Crippen LogP contribution is -2.49. The van der Waals surface area contributed by atoms with Crippen molar-refractivity contribution in [2.24, 2.45) is 4.99 Å². The van der Waals surface area contributed by atoms with E-state index in [-0.39, 0.29) is 5.60 Å². The Labute approximate surface area is 185 Å². The van der Waals surface area contributed by atoms with Crippen molar-refractivity contribution in [2.75, 3.05) is 51.2 Å². The summed E-state index contributed by atoms with van der Waals surface area (Å²) in [6.45, 7) is 12.5. The predicted octanol–water partition coefficient (Wildman–Crippen LogP) is 2.14. The third kappa shape index (κ3) is 7.40. The molecule has 2 heterocycles. The largest absolute Gasteiger partial charge is 0.488 e. The Morgan fingerprint density at radius 3 is 2.42 bits per heavy atom. The van der Waals surface area contributed by atoms with E-state index in [1.807, 2.05) is 24.3 Å². The van der Waals surface area contributed by atoms with Crippen LogP contribution in [0.5, 0.6) is 5.75 Å². The molecule has 0 saturated carbocycles. The summed E-state index contributed by atoms with van der Waals surface area (Å²) in [7, 11) is 1.80. The number of hydrogen-bond donors (Lipinski definition) is 2. The molecule has 3 rings (SSSR count). The molecule has 1 aliphatic heterocycles. The van der Waals surface area contributed by atoms with E-state index in [2.05, 4.69) is 62.2 Å². The monoisotopic (exact) mass is 425 g/mol. The van der Waals surface area contributed by atoms with Gasteiger partial charge in [-0.05, 0) is 32.9 Å². The van der Waals surface area contributed by atoms with Crippen LogP contribution in [-0.2, 0) is 6.54 Å². The van der Waals surface area contributed by atoms with E-state index in [4.69, 9.17) is 4.74 Å². The van der Waals surface area contributed by atoms with Gasteiger partial charge in [-0.2, -0.15) is 0 Å². The first kappa shape index (κ1) is 22.8. The smallest absolute Gasteiger partial charge is 0.225 e. The Hall–Kier alpha value is -2.87. The zero-order valence-electron chi connectivity index (χ0n) is 19.1. The van der Waals surface area contributed by atoms with Crippen LogP contribution in [0.15, 0.2) is 47.7 Å². The Morgan fingerprint density at radius 1 is 1.03 bits per heavy atom. The van der Waals surface area contributed by atoms with Crippen molar-refractivity contribution in [1.82, 2.24) is 25.5 Å². The van der Waals surface area contributed by atoms with Gasteiger partial charge in [0.2, 0.25) is 5.95 Å². The first-order valence-corrected chi connectivity index (χ1v) is 10.9. The van der Waals surface area contributed by atoms with Crippen LogP contribution in [-0.4, -0.2) is 72.7 Å². The van der Waals surface area contributed by atoms with Gasteiger partial charge in [-0.25, -0.2) is 9.97 Å². The number of piperazine rings is 1. The molecule has 1 saturated heterocycles. The molecule has 31 heavy (non-hydrogen) atoms. The highest BCUT2D eigenvalue weighted by Gasteiger charge is 2.18. The lowest BCUT2D eigenvalue weighted by atomic mass is 10.1. The van der Waals surface area contributed by atoms with Crippen molar-refractivity contribution in [1.29, 1.82) is 0 Å². The number of aliphatic imine (C=N–C) groups is 1. The molecule has 0 amide bonds. The molecule has 8 nitrogen and oxygen atoms in total. The van der Waals surface area contributed by atoms with Crippen LogP contribution in [0.1, 0.15) is 26.3 Å². The highest BCUT2D eigenvalue weighted by atomic mass is 16.5. The zero-order chi connectivity index (χ0) is 22.1. The number of anilines is 1. The summed E-state index contributed by atoms with van der Waals surface area (Å²) >= 11 is 0. The summed E-state index contributed by atoms with van der Waals surface area (Å²) in [5.41, 5.74) is 0.881. The van der Waals surface area contributed by atoms with Gasteiger partial charge in [0, 0.05) is 70.8 Å². The number of rotatable bonds is 7. The van der Waals surface area contributed by atoms with Gasteiger partial charge in [-0.15, -0.1) is 0 Å². The van der Waals surface area contributed by atoms with Crippen molar-refractivity contribution >= 4 is 11.9 Å². The fraction of sp³-hybridized carbons (Fsp3) is 0.522. The second-order valence-electron chi connectivity index (χ2n) is 8.55. The van der Waals surface area contributed by atoms with E-state index in [0.29, 0.717) is 6.54 Å². The fourth-order valence-electron chi connectivity index (χ4n) is 3.44. The molecular formula is C23H35N7O. The zero-order valence-corrected chi connectivity index (χ0v) is 19.1. The Balaban J connectivity index is 1.40.